The Morgan fingerprint density at radius 3 is 2.28 bits per heavy atom. The Balaban J connectivity index is 1.78. The van der Waals surface area contributed by atoms with Crippen LogP contribution in [-0.2, 0) is 10.3 Å². The third-order valence-electron chi connectivity index (χ3n) is 3.73. The molecule has 2 aromatic heterocycles. The van der Waals surface area contributed by atoms with Crippen molar-refractivity contribution in [1.82, 2.24) is 24.5 Å². The molecule has 152 valence electrons. The zero-order valence-corrected chi connectivity index (χ0v) is 17.1. The fraction of sp³-hybridized carbons (Fsp3) is 0.222. The maximum atomic E-state index is 12.3. The average Bonchev–Trinajstić information content (AvgIpc) is 2.91. The number of urea groups is 1. The molecule has 2 heterocycles. The first-order valence-electron chi connectivity index (χ1n) is 8.61. The van der Waals surface area contributed by atoms with Gasteiger partial charge < -0.3 is 4.18 Å². The molecule has 0 aliphatic rings. The van der Waals surface area contributed by atoms with E-state index in [-0.39, 0.29) is 11.7 Å². The molecule has 1 aromatic carbocycles. The smallest absolute Gasteiger partial charge is 0.364 e. The van der Waals surface area contributed by atoms with E-state index in [4.69, 9.17) is 4.18 Å². The summed E-state index contributed by atoms with van der Waals surface area (Å²) in [6.45, 7) is 7.12. The highest BCUT2D eigenvalue weighted by atomic mass is 32.2. The van der Waals surface area contributed by atoms with Crippen molar-refractivity contribution in [2.75, 3.05) is 5.32 Å². The maximum Gasteiger partial charge on any atom is 0.411 e. The Kier molecular flexibility index (Phi) is 5.50. The molecule has 3 aromatic rings. The van der Waals surface area contributed by atoms with Crippen LogP contribution in [0.15, 0.2) is 36.4 Å². The van der Waals surface area contributed by atoms with Gasteiger partial charge >= 0.3 is 16.3 Å². The predicted octanol–water partition coefficient (Wildman–Crippen LogP) is 2.34. The Morgan fingerprint density at radius 2 is 1.66 bits per heavy atom. The predicted molar refractivity (Wildman–Crippen MR) is 106 cm³/mol. The molecule has 2 N–H and O–H groups in total. The monoisotopic (exact) mass is 416 g/mol. The van der Waals surface area contributed by atoms with E-state index in [1.54, 1.807) is 47.5 Å². The number of para-hydroxylation sites is 2. The van der Waals surface area contributed by atoms with Gasteiger partial charge in [-0.1, -0.05) is 12.1 Å². The molecular weight excluding hydrogens is 396 g/mol. The summed E-state index contributed by atoms with van der Waals surface area (Å²) in [4.78, 5) is 20.1. The molecule has 0 fully saturated rings. The van der Waals surface area contributed by atoms with Crippen LogP contribution < -0.4 is 14.2 Å². The molecule has 0 saturated carbocycles. The van der Waals surface area contributed by atoms with Crippen molar-refractivity contribution in [2.45, 2.75) is 27.7 Å². The second kappa shape index (κ2) is 7.87. The summed E-state index contributed by atoms with van der Waals surface area (Å²) in [5, 5.41) is 6.61. The van der Waals surface area contributed by atoms with Gasteiger partial charge in [-0.3, -0.25) is 5.32 Å². The van der Waals surface area contributed by atoms with Crippen molar-refractivity contribution in [3.63, 3.8) is 0 Å². The van der Waals surface area contributed by atoms with Crippen molar-refractivity contribution in [2.24, 2.45) is 0 Å². The van der Waals surface area contributed by atoms with Crippen LogP contribution in [0.2, 0.25) is 0 Å². The molecule has 3 rings (SSSR count). The van der Waals surface area contributed by atoms with Crippen LogP contribution in [0.1, 0.15) is 22.8 Å². The number of aromatic nitrogens is 4. The topological polar surface area (TPSA) is 128 Å². The molecule has 0 saturated heterocycles. The van der Waals surface area contributed by atoms with Gasteiger partial charge in [-0.25, -0.2) is 24.2 Å². The van der Waals surface area contributed by atoms with Crippen LogP contribution in [0.5, 0.6) is 5.75 Å². The van der Waals surface area contributed by atoms with Crippen molar-refractivity contribution in [3.05, 3.63) is 59.2 Å². The summed E-state index contributed by atoms with van der Waals surface area (Å²) >= 11 is 0. The van der Waals surface area contributed by atoms with Crippen LogP contribution >= 0.6 is 0 Å². The number of anilines is 1. The molecule has 29 heavy (non-hydrogen) atoms. The standard InChI is InChI=1S/C18H20N6O4S/c1-11-9-12(2)20-17(19-11)21-18(25)23-29(26,27)28-16-8-6-5-7-15(16)24-14(4)10-13(3)22-24/h5-10H,1-4H3,(H2,19,20,21,23,25). The van der Waals surface area contributed by atoms with Gasteiger partial charge in [-0.2, -0.15) is 13.5 Å². The van der Waals surface area contributed by atoms with E-state index in [9.17, 15) is 13.2 Å². The largest absolute Gasteiger partial charge is 0.411 e. The number of nitrogens with zero attached hydrogens (tertiary/aromatic N) is 4. The first-order valence-corrected chi connectivity index (χ1v) is 10.0. The molecule has 0 radical (unpaired) electrons. The fourth-order valence-corrected chi connectivity index (χ4v) is 3.43. The van der Waals surface area contributed by atoms with Crippen LogP contribution in [0.4, 0.5) is 10.7 Å². The highest BCUT2D eigenvalue weighted by Gasteiger charge is 2.20. The van der Waals surface area contributed by atoms with E-state index >= 15 is 0 Å². The van der Waals surface area contributed by atoms with Gasteiger partial charge in [-0.15, -0.1) is 0 Å². The fourth-order valence-electron chi connectivity index (χ4n) is 2.74. The molecule has 11 heteroatoms. The van der Waals surface area contributed by atoms with E-state index in [2.05, 4.69) is 20.4 Å². The Bertz CT molecular complexity index is 1150. The first-order chi connectivity index (χ1) is 13.6. The number of hydrogen-bond donors (Lipinski definition) is 2. The third-order valence-corrected chi connectivity index (χ3v) is 4.56. The van der Waals surface area contributed by atoms with Gasteiger partial charge in [0, 0.05) is 17.1 Å². The molecule has 0 spiro atoms. The van der Waals surface area contributed by atoms with Gasteiger partial charge in [0.25, 0.3) is 0 Å². The minimum absolute atomic E-state index is 0.0154. The molecule has 0 aliphatic heterocycles. The number of nitrogens with one attached hydrogen (secondary N) is 2. The van der Waals surface area contributed by atoms with Gasteiger partial charge in [0.15, 0.2) is 5.75 Å². The number of amides is 2. The molecular formula is C18H20N6O4S. The number of rotatable bonds is 5. The normalized spacial score (nSPS) is 11.2. The Labute approximate surface area is 168 Å². The number of benzene rings is 1. The summed E-state index contributed by atoms with van der Waals surface area (Å²) in [7, 11) is -4.47. The minimum Gasteiger partial charge on any atom is -0.364 e. The maximum absolute atomic E-state index is 12.3. The number of carbonyl (C=O) groups is 1. The van der Waals surface area contributed by atoms with E-state index in [0.29, 0.717) is 17.1 Å². The lowest BCUT2D eigenvalue weighted by atomic mass is 10.3. The van der Waals surface area contributed by atoms with Gasteiger partial charge in [0.2, 0.25) is 5.95 Å². The van der Waals surface area contributed by atoms with Crippen molar-refractivity contribution in [3.8, 4) is 11.4 Å². The zero-order chi connectivity index (χ0) is 21.2. The average molecular weight is 416 g/mol. The molecule has 0 bridgehead atoms. The van der Waals surface area contributed by atoms with Crippen molar-refractivity contribution >= 4 is 22.3 Å². The molecule has 2 amide bonds. The summed E-state index contributed by atoms with van der Waals surface area (Å²) in [5.74, 6) is -0.000101. The van der Waals surface area contributed by atoms with Crippen molar-refractivity contribution in [1.29, 1.82) is 0 Å². The second-order valence-electron chi connectivity index (χ2n) is 6.37. The summed E-state index contributed by atoms with van der Waals surface area (Å²) in [5.41, 5.74) is 3.25. The Morgan fingerprint density at radius 1 is 1.00 bits per heavy atom. The number of carbonyl (C=O) groups excluding carboxylic acids is 1. The summed E-state index contributed by atoms with van der Waals surface area (Å²) in [6.07, 6.45) is 0. The molecule has 0 aliphatic carbocycles. The number of hydrogen-bond acceptors (Lipinski definition) is 7. The first kappa shape index (κ1) is 20.3. The van der Waals surface area contributed by atoms with Crippen LogP contribution in [0.3, 0.4) is 0 Å². The van der Waals surface area contributed by atoms with Gasteiger partial charge in [-0.05, 0) is 52.0 Å². The summed E-state index contributed by atoms with van der Waals surface area (Å²) < 4.78 is 33.1. The Hall–Kier alpha value is -3.47. The lowest BCUT2D eigenvalue weighted by molar-refractivity contribution is 0.255. The molecule has 10 nitrogen and oxygen atoms in total. The lowest BCUT2D eigenvalue weighted by Gasteiger charge is -2.13. The molecule has 0 atom stereocenters. The highest BCUT2D eigenvalue weighted by molar-refractivity contribution is 7.85. The minimum atomic E-state index is -4.47. The highest BCUT2D eigenvalue weighted by Crippen LogP contribution is 2.24. The zero-order valence-electron chi connectivity index (χ0n) is 16.3. The van der Waals surface area contributed by atoms with Crippen LogP contribution in [0.25, 0.3) is 5.69 Å². The molecule has 0 unspecified atom stereocenters. The van der Waals surface area contributed by atoms with Crippen LogP contribution in [-0.4, -0.2) is 34.2 Å². The van der Waals surface area contributed by atoms with Crippen molar-refractivity contribution < 1.29 is 17.4 Å². The van der Waals surface area contributed by atoms with E-state index in [1.807, 2.05) is 19.9 Å². The third kappa shape index (κ3) is 5.08. The number of aryl methyl sites for hydroxylation is 4. The quantitative estimate of drug-likeness (QED) is 0.653. The van der Waals surface area contributed by atoms with Gasteiger partial charge in [0.1, 0.15) is 5.69 Å². The van der Waals surface area contributed by atoms with E-state index in [1.165, 1.54) is 6.07 Å². The van der Waals surface area contributed by atoms with E-state index in [0.717, 1.165) is 11.4 Å². The second-order valence-corrected chi connectivity index (χ2v) is 7.65. The lowest BCUT2D eigenvalue weighted by Crippen LogP contribution is -2.37. The van der Waals surface area contributed by atoms with Crippen LogP contribution in [0, 0.1) is 27.7 Å². The van der Waals surface area contributed by atoms with E-state index < -0.39 is 16.3 Å². The summed E-state index contributed by atoms with van der Waals surface area (Å²) in [6, 6.07) is 8.99. The SMILES string of the molecule is Cc1cc(C)nc(NC(=O)NS(=O)(=O)Oc2ccccc2-n2nc(C)cc2C)n1. The van der Waals surface area contributed by atoms with Gasteiger partial charge in [0.05, 0.1) is 5.69 Å².